The van der Waals surface area contributed by atoms with Gasteiger partial charge in [0, 0.05) is 19.3 Å². The molecule has 378 valence electrons. The zero-order valence-electron chi connectivity index (χ0n) is 42.6. The van der Waals surface area contributed by atoms with Crippen LogP contribution in [0.1, 0.15) is 290 Å². The Labute approximate surface area is 396 Å². The van der Waals surface area contributed by atoms with Crippen molar-refractivity contribution in [1.82, 2.24) is 0 Å². The zero-order chi connectivity index (χ0) is 46.7. The van der Waals surface area contributed by atoms with Crippen molar-refractivity contribution < 1.29 is 38.4 Å². The van der Waals surface area contributed by atoms with Crippen molar-refractivity contribution in [3.8, 4) is 0 Å². The van der Waals surface area contributed by atoms with Gasteiger partial charge in [0.05, 0.1) is 13.2 Å². The van der Waals surface area contributed by atoms with Gasteiger partial charge in [0.15, 0.2) is 6.10 Å². The number of hydrogen-bond donors (Lipinski definition) is 1. The quantitative estimate of drug-likeness (QED) is 0.0278. The predicted octanol–water partition coefficient (Wildman–Crippen LogP) is 16.4. The first-order valence-corrected chi connectivity index (χ1v) is 27.8. The number of carbonyl (C=O) groups is 3. The maximum atomic E-state index is 12.9. The van der Waals surface area contributed by atoms with Gasteiger partial charge in [-0.15, -0.1) is 0 Å². The van der Waals surface area contributed by atoms with Crippen molar-refractivity contribution in [2.45, 2.75) is 303 Å². The highest BCUT2D eigenvalue weighted by molar-refractivity contribution is 5.70. The standard InChI is InChI=1S/C56H106O8/c1-4-7-10-13-16-19-22-25-26-29-31-34-36-39-42-45-54(58)62-49-52(48-57)61-50-53(64-56(60)47-44-41-38-35-32-28-24-21-18-15-12-9-6-3)51-63-55(59)46-43-40-37-33-30-27-23-20-17-14-11-8-5-2/h25-26,52-53,57H,4-24,27-51H2,1-3H3/b26-25-. The Morgan fingerprint density at radius 1 is 0.359 bits per heavy atom. The van der Waals surface area contributed by atoms with Crippen molar-refractivity contribution in [3.63, 3.8) is 0 Å². The van der Waals surface area contributed by atoms with E-state index in [1.54, 1.807) is 0 Å². The molecule has 2 atom stereocenters. The summed E-state index contributed by atoms with van der Waals surface area (Å²) in [4.78, 5) is 38.0. The van der Waals surface area contributed by atoms with E-state index in [1.165, 1.54) is 180 Å². The Morgan fingerprint density at radius 2 is 0.641 bits per heavy atom. The highest BCUT2D eigenvalue weighted by Crippen LogP contribution is 2.16. The van der Waals surface area contributed by atoms with Crippen LogP contribution >= 0.6 is 0 Å². The van der Waals surface area contributed by atoms with Gasteiger partial charge in [-0.2, -0.15) is 0 Å². The molecule has 0 amide bonds. The lowest BCUT2D eigenvalue weighted by molar-refractivity contribution is -0.167. The van der Waals surface area contributed by atoms with Gasteiger partial charge in [0.25, 0.3) is 0 Å². The van der Waals surface area contributed by atoms with Crippen LogP contribution in [0.5, 0.6) is 0 Å². The lowest BCUT2D eigenvalue weighted by Gasteiger charge is -2.21. The summed E-state index contributed by atoms with van der Waals surface area (Å²) in [5.41, 5.74) is 0. The molecule has 0 aliphatic rings. The Balaban J connectivity index is 4.50. The van der Waals surface area contributed by atoms with Crippen molar-refractivity contribution in [1.29, 1.82) is 0 Å². The molecule has 0 aliphatic heterocycles. The molecule has 1 N–H and O–H groups in total. The number of unbranched alkanes of at least 4 members (excludes halogenated alkanes) is 35. The normalized spacial score (nSPS) is 12.5. The van der Waals surface area contributed by atoms with Crippen molar-refractivity contribution in [3.05, 3.63) is 12.2 Å². The molecule has 0 fully saturated rings. The molecule has 8 nitrogen and oxygen atoms in total. The monoisotopic (exact) mass is 907 g/mol. The second-order valence-corrected chi connectivity index (χ2v) is 18.9. The zero-order valence-corrected chi connectivity index (χ0v) is 42.6. The van der Waals surface area contributed by atoms with E-state index in [0.717, 1.165) is 70.6 Å². The number of allylic oxidation sites excluding steroid dienone is 2. The Morgan fingerprint density at radius 3 is 0.969 bits per heavy atom. The fraction of sp³-hybridized carbons (Fsp3) is 0.911. The van der Waals surface area contributed by atoms with E-state index < -0.39 is 12.2 Å². The molecule has 64 heavy (non-hydrogen) atoms. The number of carbonyl (C=O) groups excluding carboxylic acids is 3. The summed E-state index contributed by atoms with van der Waals surface area (Å²) in [6.07, 6.45) is 51.8. The number of aliphatic hydroxyl groups excluding tert-OH is 1. The minimum absolute atomic E-state index is 0.0621. The van der Waals surface area contributed by atoms with Gasteiger partial charge in [0.2, 0.25) is 0 Å². The van der Waals surface area contributed by atoms with Gasteiger partial charge >= 0.3 is 17.9 Å². The van der Waals surface area contributed by atoms with Gasteiger partial charge in [-0.25, -0.2) is 0 Å². The summed E-state index contributed by atoms with van der Waals surface area (Å²) in [6.45, 7) is 6.18. The third kappa shape index (κ3) is 48.0. The smallest absolute Gasteiger partial charge is 0.306 e. The van der Waals surface area contributed by atoms with E-state index in [-0.39, 0.29) is 44.3 Å². The molecule has 0 spiro atoms. The highest BCUT2D eigenvalue weighted by atomic mass is 16.6. The van der Waals surface area contributed by atoms with Gasteiger partial charge in [-0.3, -0.25) is 14.4 Å². The molecule has 0 radical (unpaired) electrons. The summed E-state index contributed by atoms with van der Waals surface area (Å²) in [7, 11) is 0. The van der Waals surface area contributed by atoms with Crippen LogP contribution in [-0.2, 0) is 33.3 Å². The minimum atomic E-state index is -0.800. The first kappa shape index (κ1) is 62.1. The van der Waals surface area contributed by atoms with Gasteiger partial charge < -0.3 is 24.1 Å². The van der Waals surface area contributed by atoms with Crippen molar-refractivity contribution in [2.24, 2.45) is 0 Å². The third-order valence-electron chi connectivity index (χ3n) is 12.5. The molecule has 0 saturated heterocycles. The SMILES string of the molecule is CCCCCCCC/C=C\CCCCCCCC(=O)OCC(CO)OCC(COC(=O)CCCCCCCCCCCCCCC)OC(=O)CCCCCCCCCCCCCCC. The minimum Gasteiger partial charge on any atom is -0.463 e. The summed E-state index contributed by atoms with van der Waals surface area (Å²) in [6, 6.07) is 0. The molecule has 8 heteroatoms. The topological polar surface area (TPSA) is 108 Å². The Kier molecular flexibility index (Phi) is 50.5. The number of aliphatic hydroxyl groups is 1. The summed E-state index contributed by atoms with van der Waals surface area (Å²) in [5, 5.41) is 9.99. The average Bonchev–Trinajstić information content (AvgIpc) is 3.29. The molecule has 2 unspecified atom stereocenters. The molecule has 0 rings (SSSR count). The van der Waals surface area contributed by atoms with Crippen LogP contribution in [0.4, 0.5) is 0 Å². The highest BCUT2D eigenvalue weighted by Gasteiger charge is 2.21. The molecular formula is C56H106O8. The molecule has 0 aromatic heterocycles. The molecule has 0 aliphatic carbocycles. The fourth-order valence-electron chi connectivity index (χ4n) is 8.19. The third-order valence-corrected chi connectivity index (χ3v) is 12.5. The van der Waals surface area contributed by atoms with Gasteiger partial charge in [-0.1, -0.05) is 238 Å². The largest absolute Gasteiger partial charge is 0.463 e. The second kappa shape index (κ2) is 52.0. The fourth-order valence-corrected chi connectivity index (χ4v) is 8.19. The lowest BCUT2D eigenvalue weighted by Crippen LogP contribution is -2.34. The van der Waals surface area contributed by atoms with Crippen LogP contribution in [0.15, 0.2) is 12.2 Å². The van der Waals surface area contributed by atoms with E-state index >= 15 is 0 Å². The van der Waals surface area contributed by atoms with Crippen LogP contribution in [0.25, 0.3) is 0 Å². The first-order valence-electron chi connectivity index (χ1n) is 27.8. The van der Waals surface area contributed by atoms with Gasteiger partial charge in [-0.05, 0) is 44.9 Å². The number of ether oxygens (including phenoxy) is 4. The number of esters is 3. The molecular weight excluding hydrogens is 801 g/mol. The van der Waals surface area contributed by atoms with Crippen LogP contribution in [0.3, 0.4) is 0 Å². The van der Waals surface area contributed by atoms with Gasteiger partial charge in [0.1, 0.15) is 19.3 Å². The second-order valence-electron chi connectivity index (χ2n) is 18.9. The van der Waals surface area contributed by atoms with E-state index in [2.05, 4.69) is 32.9 Å². The van der Waals surface area contributed by atoms with Crippen molar-refractivity contribution in [2.75, 3.05) is 26.4 Å². The summed E-state index contributed by atoms with van der Waals surface area (Å²) in [5.74, 6) is -0.942. The molecule has 0 aromatic carbocycles. The average molecular weight is 907 g/mol. The van der Waals surface area contributed by atoms with E-state index in [0.29, 0.717) is 19.3 Å². The van der Waals surface area contributed by atoms with Crippen LogP contribution in [0, 0.1) is 0 Å². The summed E-state index contributed by atoms with van der Waals surface area (Å²) >= 11 is 0. The number of hydrogen-bond acceptors (Lipinski definition) is 8. The molecule has 0 heterocycles. The molecule has 0 saturated carbocycles. The lowest BCUT2D eigenvalue weighted by atomic mass is 10.0. The summed E-state index contributed by atoms with van der Waals surface area (Å²) < 4.78 is 22.6. The van der Waals surface area contributed by atoms with E-state index in [4.69, 9.17) is 18.9 Å². The molecule has 0 aromatic rings. The van der Waals surface area contributed by atoms with E-state index in [1.807, 2.05) is 0 Å². The number of rotatable bonds is 52. The maximum absolute atomic E-state index is 12.9. The van der Waals surface area contributed by atoms with Crippen LogP contribution in [-0.4, -0.2) is 61.6 Å². The predicted molar refractivity (Wildman–Crippen MR) is 269 cm³/mol. The first-order chi connectivity index (χ1) is 31.5. The maximum Gasteiger partial charge on any atom is 0.306 e. The molecule has 0 bridgehead atoms. The Bertz CT molecular complexity index is 1010. The van der Waals surface area contributed by atoms with E-state index in [9.17, 15) is 19.5 Å². The van der Waals surface area contributed by atoms with Crippen LogP contribution in [0.2, 0.25) is 0 Å². The van der Waals surface area contributed by atoms with Crippen LogP contribution < -0.4 is 0 Å². The Hall–Kier alpha value is -1.93. The van der Waals surface area contributed by atoms with Crippen molar-refractivity contribution >= 4 is 17.9 Å².